The van der Waals surface area contributed by atoms with Crippen molar-refractivity contribution in [3.8, 4) is 0 Å². The minimum Gasteiger partial charge on any atom is -0.369 e. The lowest BCUT2D eigenvalue weighted by atomic mass is 9.46. The molecule has 5 rings (SSSR count). The van der Waals surface area contributed by atoms with E-state index in [9.17, 15) is 9.59 Å². The summed E-state index contributed by atoms with van der Waals surface area (Å²) in [6, 6.07) is 0. The molecular formula is C15H19N3O2S. The van der Waals surface area contributed by atoms with Crippen LogP contribution in [0.25, 0.3) is 0 Å². The van der Waals surface area contributed by atoms with Crippen molar-refractivity contribution < 1.29 is 9.59 Å². The van der Waals surface area contributed by atoms with Crippen molar-refractivity contribution in [3.63, 3.8) is 0 Å². The monoisotopic (exact) mass is 305 g/mol. The maximum atomic E-state index is 12.4. The molecular weight excluding hydrogens is 286 g/mol. The molecule has 2 unspecified atom stereocenters. The summed E-state index contributed by atoms with van der Waals surface area (Å²) >= 11 is 1.35. The molecule has 4 fully saturated rings. The van der Waals surface area contributed by atoms with Gasteiger partial charge in [0.1, 0.15) is 0 Å². The quantitative estimate of drug-likeness (QED) is 0.891. The van der Waals surface area contributed by atoms with Crippen molar-refractivity contribution in [2.45, 2.75) is 44.1 Å². The number of nitrogens with two attached hydrogens (primary N) is 1. The molecule has 0 saturated heterocycles. The van der Waals surface area contributed by atoms with Gasteiger partial charge in [-0.25, -0.2) is 4.98 Å². The number of aromatic nitrogens is 1. The van der Waals surface area contributed by atoms with Gasteiger partial charge < -0.3 is 11.1 Å². The number of carbonyl (C=O) groups excluding carboxylic acids is 2. The summed E-state index contributed by atoms with van der Waals surface area (Å²) in [5.74, 6) is 0.765. The summed E-state index contributed by atoms with van der Waals surface area (Å²) in [5.41, 5.74) is 5.08. The van der Waals surface area contributed by atoms with E-state index in [-0.39, 0.29) is 22.8 Å². The van der Waals surface area contributed by atoms with E-state index >= 15 is 0 Å². The zero-order valence-corrected chi connectivity index (χ0v) is 12.6. The van der Waals surface area contributed by atoms with Gasteiger partial charge in [0.05, 0.1) is 5.41 Å². The van der Waals surface area contributed by atoms with Crippen molar-refractivity contribution in [2.24, 2.45) is 23.0 Å². The van der Waals surface area contributed by atoms with Crippen molar-refractivity contribution in [2.75, 3.05) is 0 Å². The SMILES string of the molecule is NC(=O)C12CC3CC(CC(NC(=O)c4nccs4)(C3)C1)C2. The van der Waals surface area contributed by atoms with Crippen molar-refractivity contribution in [1.82, 2.24) is 10.3 Å². The molecule has 5 nitrogen and oxygen atoms in total. The lowest BCUT2D eigenvalue weighted by Crippen LogP contribution is -2.65. The molecule has 1 heterocycles. The Balaban J connectivity index is 1.62. The Morgan fingerprint density at radius 2 is 2.00 bits per heavy atom. The fraction of sp³-hybridized carbons (Fsp3) is 0.667. The van der Waals surface area contributed by atoms with Gasteiger partial charge in [-0.15, -0.1) is 11.3 Å². The molecule has 0 aromatic carbocycles. The second kappa shape index (κ2) is 4.29. The van der Waals surface area contributed by atoms with E-state index < -0.39 is 0 Å². The van der Waals surface area contributed by atoms with Gasteiger partial charge in [0.25, 0.3) is 5.91 Å². The van der Waals surface area contributed by atoms with Crippen LogP contribution in [0.1, 0.15) is 48.3 Å². The van der Waals surface area contributed by atoms with Crippen LogP contribution in [-0.2, 0) is 4.79 Å². The molecule has 0 radical (unpaired) electrons. The maximum Gasteiger partial charge on any atom is 0.280 e. The van der Waals surface area contributed by atoms with Crippen LogP contribution in [0.2, 0.25) is 0 Å². The average molecular weight is 305 g/mol. The van der Waals surface area contributed by atoms with E-state index in [4.69, 9.17) is 5.73 Å². The third-order valence-electron chi connectivity index (χ3n) is 5.59. The number of amides is 2. The largest absolute Gasteiger partial charge is 0.369 e. The highest BCUT2D eigenvalue weighted by atomic mass is 32.1. The number of hydrogen-bond donors (Lipinski definition) is 2. The Kier molecular flexibility index (Phi) is 2.70. The van der Waals surface area contributed by atoms with Gasteiger partial charge >= 0.3 is 0 Å². The van der Waals surface area contributed by atoms with Crippen molar-refractivity contribution >= 4 is 23.2 Å². The van der Waals surface area contributed by atoms with Gasteiger partial charge in [0.15, 0.2) is 5.01 Å². The standard InChI is InChI=1S/C15H19N3O2S/c16-13(20)14-4-9-3-10(5-14)7-15(6-9,8-14)18-11(19)12-17-1-2-21-12/h1-2,9-10H,3-8H2,(H2,16,20)(H,18,19). The van der Waals surface area contributed by atoms with E-state index in [2.05, 4.69) is 10.3 Å². The van der Waals surface area contributed by atoms with Crippen LogP contribution >= 0.6 is 11.3 Å². The first-order valence-corrected chi connectivity index (χ1v) is 8.40. The number of nitrogens with one attached hydrogen (secondary N) is 1. The fourth-order valence-corrected chi connectivity index (χ4v) is 5.86. The summed E-state index contributed by atoms with van der Waals surface area (Å²) in [7, 11) is 0. The van der Waals surface area contributed by atoms with E-state index in [0.29, 0.717) is 23.3 Å². The molecule has 112 valence electrons. The smallest absolute Gasteiger partial charge is 0.280 e. The van der Waals surface area contributed by atoms with E-state index in [1.807, 2.05) is 0 Å². The summed E-state index contributed by atoms with van der Waals surface area (Å²) in [6.45, 7) is 0. The van der Waals surface area contributed by atoms with E-state index in [1.54, 1.807) is 11.6 Å². The van der Waals surface area contributed by atoms with E-state index in [0.717, 1.165) is 25.7 Å². The third-order valence-corrected chi connectivity index (χ3v) is 6.36. The Morgan fingerprint density at radius 3 is 2.57 bits per heavy atom. The lowest BCUT2D eigenvalue weighted by Gasteiger charge is -2.60. The summed E-state index contributed by atoms with van der Waals surface area (Å²) < 4.78 is 0. The van der Waals surface area contributed by atoms with Crippen LogP contribution in [0.5, 0.6) is 0 Å². The van der Waals surface area contributed by atoms with Crippen LogP contribution in [-0.4, -0.2) is 22.3 Å². The fourth-order valence-electron chi connectivity index (χ4n) is 5.33. The molecule has 0 spiro atoms. The van der Waals surface area contributed by atoms with Crippen molar-refractivity contribution in [1.29, 1.82) is 0 Å². The number of primary amides is 1. The van der Waals surface area contributed by atoms with Crippen LogP contribution in [0.15, 0.2) is 11.6 Å². The molecule has 2 atom stereocenters. The van der Waals surface area contributed by atoms with Gasteiger partial charge in [-0.2, -0.15) is 0 Å². The number of carbonyl (C=O) groups is 2. The molecule has 4 bridgehead atoms. The second-order valence-corrected chi connectivity index (χ2v) is 8.07. The molecule has 4 aliphatic rings. The average Bonchev–Trinajstić information content (AvgIpc) is 2.90. The number of thiazole rings is 1. The topological polar surface area (TPSA) is 85.1 Å². The second-order valence-electron chi connectivity index (χ2n) is 7.18. The number of hydrogen-bond acceptors (Lipinski definition) is 4. The zero-order chi connectivity index (χ0) is 14.7. The van der Waals surface area contributed by atoms with Gasteiger partial charge in [-0.1, -0.05) is 0 Å². The van der Waals surface area contributed by atoms with Crippen LogP contribution in [0, 0.1) is 17.3 Å². The van der Waals surface area contributed by atoms with Gasteiger partial charge in [0, 0.05) is 17.1 Å². The van der Waals surface area contributed by atoms with Crippen molar-refractivity contribution in [3.05, 3.63) is 16.6 Å². The number of nitrogens with zero attached hydrogens (tertiary/aromatic N) is 1. The molecule has 21 heavy (non-hydrogen) atoms. The third kappa shape index (κ3) is 1.99. The normalized spacial score (nSPS) is 40.2. The van der Waals surface area contributed by atoms with Crippen LogP contribution < -0.4 is 11.1 Å². The summed E-state index contributed by atoms with van der Waals surface area (Å²) in [5, 5.41) is 5.51. The molecule has 1 aromatic rings. The Morgan fingerprint density at radius 1 is 1.29 bits per heavy atom. The maximum absolute atomic E-state index is 12.4. The molecule has 4 saturated carbocycles. The minimum atomic E-state index is -0.389. The molecule has 4 aliphatic carbocycles. The molecule has 2 amide bonds. The summed E-state index contributed by atoms with van der Waals surface area (Å²) in [6.07, 6.45) is 7.32. The first kappa shape index (κ1) is 13.2. The first-order chi connectivity index (χ1) is 10.0. The predicted octanol–water partition coefficient (Wildman–Crippen LogP) is 1.70. The van der Waals surface area contributed by atoms with Crippen LogP contribution in [0.3, 0.4) is 0 Å². The highest BCUT2D eigenvalue weighted by Crippen LogP contribution is 2.61. The lowest BCUT2D eigenvalue weighted by molar-refractivity contribution is -0.146. The zero-order valence-electron chi connectivity index (χ0n) is 11.8. The highest BCUT2D eigenvalue weighted by molar-refractivity contribution is 7.11. The van der Waals surface area contributed by atoms with Gasteiger partial charge in [-0.05, 0) is 50.4 Å². The first-order valence-electron chi connectivity index (χ1n) is 7.52. The number of rotatable bonds is 3. The highest BCUT2D eigenvalue weighted by Gasteiger charge is 2.60. The van der Waals surface area contributed by atoms with Crippen LogP contribution in [0.4, 0.5) is 0 Å². The molecule has 3 N–H and O–H groups in total. The van der Waals surface area contributed by atoms with Gasteiger partial charge in [0.2, 0.25) is 5.91 Å². The Hall–Kier alpha value is -1.43. The molecule has 1 aromatic heterocycles. The molecule has 0 aliphatic heterocycles. The Labute approximate surface area is 127 Å². The summed E-state index contributed by atoms with van der Waals surface area (Å²) in [4.78, 5) is 28.5. The van der Waals surface area contributed by atoms with E-state index in [1.165, 1.54) is 17.8 Å². The Bertz CT molecular complexity index is 584. The minimum absolute atomic E-state index is 0.105. The predicted molar refractivity (Wildman–Crippen MR) is 78.6 cm³/mol. The molecule has 6 heteroatoms. The van der Waals surface area contributed by atoms with Gasteiger partial charge in [-0.3, -0.25) is 9.59 Å².